The number of hydrogen-bond acceptors (Lipinski definition) is 4. The summed E-state index contributed by atoms with van der Waals surface area (Å²) >= 11 is 6.02. The molecule has 140 valence electrons. The van der Waals surface area contributed by atoms with Crippen LogP contribution in [-0.2, 0) is 9.53 Å². The summed E-state index contributed by atoms with van der Waals surface area (Å²) in [6.07, 6.45) is 5.71. The molecule has 2 aromatic rings. The maximum Gasteiger partial charge on any atom is 0.222 e. The van der Waals surface area contributed by atoms with Crippen LogP contribution in [0.1, 0.15) is 50.3 Å². The standard InChI is InChI=1S/C20H25ClN2O3/c21-16-4-5-18-17(12-16)22-20(26-18)15-7-9-23(10-8-15)19(24)6-3-14-2-1-11-25-13-14/h4-5,12,14-15H,1-3,6-11,13H2. The van der Waals surface area contributed by atoms with Gasteiger partial charge in [0.25, 0.3) is 0 Å². The smallest absolute Gasteiger partial charge is 0.222 e. The number of benzene rings is 1. The topological polar surface area (TPSA) is 55.6 Å². The number of fused-ring (bicyclic) bond motifs is 1. The maximum atomic E-state index is 12.5. The summed E-state index contributed by atoms with van der Waals surface area (Å²) in [4.78, 5) is 19.1. The molecular formula is C20H25ClN2O3. The van der Waals surface area contributed by atoms with Crippen LogP contribution in [0.15, 0.2) is 22.6 Å². The van der Waals surface area contributed by atoms with E-state index in [1.807, 2.05) is 23.1 Å². The maximum absolute atomic E-state index is 12.5. The number of rotatable bonds is 4. The lowest BCUT2D eigenvalue weighted by Crippen LogP contribution is -2.38. The second kappa shape index (κ2) is 7.97. The molecule has 5 nitrogen and oxygen atoms in total. The van der Waals surface area contributed by atoms with Gasteiger partial charge in [-0.2, -0.15) is 0 Å². The van der Waals surface area contributed by atoms with Crippen molar-refractivity contribution in [2.24, 2.45) is 5.92 Å². The van der Waals surface area contributed by atoms with E-state index in [0.717, 1.165) is 69.0 Å². The summed E-state index contributed by atoms with van der Waals surface area (Å²) in [5.41, 5.74) is 1.58. The number of nitrogens with zero attached hydrogens (tertiary/aromatic N) is 2. The Kier molecular flexibility index (Phi) is 5.46. The van der Waals surface area contributed by atoms with Crippen molar-refractivity contribution in [3.63, 3.8) is 0 Å². The number of ether oxygens (including phenoxy) is 1. The number of carbonyl (C=O) groups excluding carboxylic acids is 1. The molecule has 0 aliphatic carbocycles. The van der Waals surface area contributed by atoms with Crippen molar-refractivity contribution in [1.29, 1.82) is 0 Å². The zero-order chi connectivity index (χ0) is 17.9. The predicted molar refractivity (Wildman–Crippen MR) is 100 cm³/mol. The van der Waals surface area contributed by atoms with E-state index >= 15 is 0 Å². The quantitative estimate of drug-likeness (QED) is 0.793. The van der Waals surface area contributed by atoms with Crippen LogP contribution in [0.4, 0.5) is 0 Å². The molecule has 1 amide bonds. The van der Waals surface area contributed by atoms with Crippen molar-refractivity contribution in [2.45, 2.75) is 44.4 Å². The number of piperidine rings is 1. The van der Waals surface area contributed by atoms with Crippen molar-refractivity contribution in [2.75, 3.05) is 26.3 Å². The summed E-state index contributed by atoms with van der Waals surface area (Å²) in [5.74, 6) is 1.88. The van der Waals surface area contributed by atoms with Gasteiger partial charge in [-0.15, -0.1) is 0 Å². The lowest BCUT2D eigenvalue weighted by Gasteiger charge is -2.31. The van der Waals surface area contributed by atoms with Gasteiger partial charge in [-0.05, 0) is 56.2 Å². The summed E-state index contributed by atoms with van der Waals surface area (Å²) in [7, 11) is 0. The van der Waals surface area contributed by atoms with Gasteiger partial charge in [-0.3, -0.25) is 4.79 Å². The molecule has 3 heterocycles. The molecule has 6 heteroatoms. The zero-order valence-electron chi connectivity index (χ0n) is 15.0. The van der Waals surface area contributed by atoms with Gasteiger partial charge in [0.1, 0.15) is 5.52 Å². The number of carbonyl (C=O) groups is 1. The summed E-state index contributed by atoms with van der Waals surface area (Å²) in [5, 5.41) is 0.668. The number of oxazole rings is 1. The van der Waals surface area contributed by atoms with Crippen LogP contribution in [0.3, 0.4) is 0 Å². The van der Waals surface area contributed by atoms with Gasteiger partial charge in [0.2, 0.25) is 5.91 Å². The van der Waals surface area contributed by atoms with E-state index in [0.29, 0.717) is 17.4 Å². The van der Waals surface area contributed by atoms with Crippen molar-refractivity contribution in [3.8, 4) is 0 Å². The van der Waals surface area contributed by atoms with Crippen molar-refractivity contribution in [3.05, 3.63) is 29.1 Å². The first-order valence-electron chi connectivity index (χ1n) is 9.60. The van der Waals surface area contributed by atoms with Crippen molar-refractivity contribution < 1.29 is 13.9 Å². The van der Waals surface area contributed by atoms with E-state index in [1.165, 1.54) is 6.42 Å². The first kappa shape index (κ1) is 17.8. The lowest BCUT2D eigenvalue weighted by atomic mass is 9.94. The monoisotopic (exact) mass is 376 g/mol. The zero-order valence-corrected chi connectivity index (χ0v) is 15.7. The third-order valence-electron chi connectivity index (χ3n) is 5.58. The summed E-state index contributed by atoms with van der Waals surface area (Å²) in [6.45, 7) is 3.26. The normalized spacial score (nSPS) is 22.0. The number of amides is 1. The number of halogens is 1. The van der Waals surface area contributed by atoms with Crippen LogP contribution in [-0.4, -0.2) is 42.1 Å². The minimum absolute atomic E-state index is 0.275. The molecule has 0 bridgehead atoms. The highest BCUT2D eigenvalue weighted by atomic mass is 35.5. The molecule has 0 spiro atoms. The predicted octanol–water partition coefficient (Wildman–Crippen LogP) is 4.39. The van der Waals surface area contributed by atoms with Gasteiger partial charge in [0, 0.05) is 43.7 Å². The van der Waals surface area contributed by atoms with Gasteiger partial charge in [0.15, 0.2) is 11.5 Å². The van der Waals surface area contributed by atoms with E-state index in [9.17, 15) is 4.79 Å². The third kappa shape index (κ3) is 4.04. The molecule has 26 heavy (non-hydrogen) atoms. The van der Waals surface area contributed by atoms with Gasteiger partial charge in [0.05, 0.1) is 0 Å². The molecule has 4 rings (SSSR count). The van der Waals surface area contributed by atoms with Crippen LogP contribution in [0.5, 0.6) is 0 Å². The third-order valence-corrected chi connectivity index (χ3v) is 5.82. The number of aromatic nitrogens is 1. The molecule has 2 aliphatic rings. The minimum atomic E-state index is 0.275. The fraction of sp³-hybridized carbons (Fsp3) is 0.600. The Morgan fingerprint density at radius 1 is 1.27 bits per heavy atom. The molecule has 0 radical (unpaired) electrons. The fourth-order valence-corrected chi connectivity index (χ4v) is 4.16. The van der Waals surface area contributed by atoms with Gasteiger partial charge >= 0.3 is 0 Å². The van der Waals surface area contributed by atoms with Crippen LogP contribution in [0.25, 0.3) is 11.1 Å². The molecule has 2 aliphatic heterocycles. The molecule has 0 saturated carbocycles. The van der Waals surface area contributed by atoms with Crippen LogP contribution >= 0.6 is 11.6 Å². The molecule has 1 atom stereocenters. The van der Waals surface area contributed by atoms with Crippen molar-refractivity contribution in [1.82, 2.24) is 9.88 Å². The fourth-order valence-electron chi connectivity index (χ4n) is 3.99. The Labute approximate surface area is 158 Å². The van der Waals surface area contributed by atoms with E-state index in [2.05, 4.69) is 4.98 Å². The molecule has 1 unspecified atom stereocenters. The van der Waals surface area contributed by atoms with Gasteiger partial charge in [-0.1, -0.05) is 11.6 Å². The highest BCUT2D eigenvalue weighted by molar-refractivity contribution is 6.31. The highest BCUT2D eigenvalue weighted by Gasteiger charge is 2.27. The molecule has 0 N–H and O–H groups in total. The van der Waals surface area contributed by atoms with E-state index in [4.69, 9.17) is 20.8 Å². The average Bonchev–Trinajstić information content (AvgIpc) is 3.10. The first-order chi connectivity index (χ1) is 12.7. The van der Waals surface area contributed by atoms with Crippen LogP contribution in [0.2, 0.25) is 5.02 Å². The first-order valence-corrected chi connectivity index (χ1v) is 9.98. The molecule has 2 fully saturated rings. The van der Waals surface area contributed by atoms with Crippen LogP contribution < -0.4 is 0 Å². The Hall–Kier alpha value is -1.59. The lowest BCUT2D eigenvalue weighted by molar-refractivity contribution is -0.132. The summed E-state index contributed by atoms with van der Waals surface area (Å²) < 4.78 is 11.4. The number of likely N-dealkylation sites (tertiary alicyclic amines) is 1. The second-order valence-electron chi connectivity index (χ2n) is 7.44. The Morgan fingerprint density at radius 3 is 2.88 bits per heavy atom. The van der Waals surface area contributed by atoms with E-state index in [1.54, 1.807) is 0 Å². The van der Waals surface area contributed by atoms with Gasteiger partial charge in [-0.25, -0.2) is 4.98 Å². The van der Waals surface area contributed by atoms with E-state index < -0.39 is 0 Å². The number of hydrogen-bond donors (Lipinski definition) is 0. The molecule has 2 saturated heterocycles. The Bertz CT molecular complexity index is 762. The van der Waals surface area contributed by atoms with Crippen molar-refractivity contribution >= 4 is 28.6 Å². The van der Waals surface area contributed by atoms with E-state index in [-0.39, 0.29) is 11.8 Å². The Balaban J connectivity index is 1.29. The minimum Gasteiger partial charge on any atom is -0.440 e. The van der Waals surface area contributed by atoms with Gasteiger partial charge < -0.3 is 14.1 Å². The molecule has 1 aromatic heterocycles. The Morgan fingerprint density at radius 2 is 2.12 bits per heavy atom. The summed E-state index contributed by atoms with van der Waals surface area (Å²) in [6, 6.07) is 5.51. The SMILES string of the molecule is O=C(CCC1CCCOC1)N1CCC(c2nc3cc(Cl)ccc3o2)CC1. The largest absolute Gasteiger partial charge is 0.440 e. The highest BCUT2D eigenvalue weighted by Crippen LogP contribution is 2.31. The second-order valence-corrected chi connectivity index (χ2v) is 7.88. The molecular weight excluding hydrogens is 352 g/mol. The molecule has 1 aromatic carbocycles. The van der Waals surface area contributed by atoms with Crippen LogP contribution in [0, 0.1) is 5.92 Å². The average molecular weight is 377 g/mol.